The zero-order valence-electron chi connectivity index (χ0n) is 10.2. The van der Waals surface area contributed by atoms with Gasteiger partial charge in [-0.05, 0) is 12.1 Å². The summed E-state index contributed by atoms with van der Waals surface area (Å²) in [4.78, 5) is 20.2. The Bertz CT molecular complexity index is 432. The van der Waals surface area contributed by atoms with E-state index in [1.807, 2.05) is 4.90 Å². The molecule has 1 saturated heterocycles. The molecule has 0 aromatic carbocycles. The van der Waals surface area contributed by atoms with Gasteiger partial charge in [-0.25, -0.2) is 0 Å². The molecule has 1 aliphatic heterocycles. The molecule has 0 spiro atoms. The molecular weight excluding hydrogens is 228 g/mol. The lowest BCUT2D eigenvalue weighted by molar-refractivity contribution is 0.0639. The van der Waals surface area contributed by atoms with Crippen LogP contribution in [0.5, 0.6) is 0 Å². The van der Waals surface area contributed by atoms with Gasteiger partial charge in [-0.15, -0.1) is 0 Å². The highest BCUT2D eigenvalue weighted by atomic mass is 16.2. The van der Waals surface area contributed by atoms with Crippen molar-refractivity contribution in [3.8, 4) is 6.07 Å². The molecule has 0 bridgehead atoms. The quantitative estimate of drug-likeness (QED) is 0.787. The molecule has 5 nitrogen and oxygen atoms in total. The Morgan fingerprint density at radius 3 is 2.78 bits per heavy atom. The Morgan fingerprint density at radius 2 is 2.17 bits per heavy atom. The molecule has 2 heterocycles. The van der Waals surface area contributed by atoms with Crippen LogP contribution in [0.3, 0.4) is 0 Å². The summed E-state index contributed by atoms with van der Waals surface area (Å²) in [6.07, 6.45) is 3.82. The highest BCUT2D eigenvalue weighted by Crippen LogP contribution is 2.07. The van der Waals surface area contributed by atoms with Gasteiger partial charge in [0, 0.05) is 51.5 Å². The average molecular weight is 244 g/mol. The van der Waals surface area contributed by atoms with Gasteiger partial charge in [0.15, 0.2) is 0 Å². The zero-order valence-corrected chi connectivity index (χ0v) is 10.2. The van der Waals surface area contributed by atoms with Crippen molar-refractivity contribution in [2.45, 2.75) is 6.42 Å². The molecule has 1 aromatic heterocycles. The molecule has 0 N–H and O–H groups in total. The summed E-state index contributed by atoms with van der Waals surface area (Å²) in [5, 5.41) is 8.54. The fraction of sp³-hybridized carbons (Fsp3) is 0.462. The molecule has 0 saturated carbocycles. The lowest BCUT2D eigenvalue weighted by Gasteiger charge is -2.34. The lowest BCUT2D eigenvalue weighted by Crippen LogP contribution is -2.48. The van der Waals surface area contributed by atoms with E-state index in [-0.39, 0.29) is 5.91 Å². The minimum Gasteiger partial charge on any atom is -0.336 e. The first kappa shape index (κ1) is 12.5. The zero-order chi connectivity index (χ0) is 12.8. The third-order valence-corrected chi connectivity index (χ3v) is 3.11. The molecule has 5 heteroatoms. The van der Waals surface area contributed by atoms with Gasteiger partial charge in [0.05, 0.1) is 11.6 Å². The largest absolute Gasteiger partial charge is 0.336 e. The second-order valence-corrected chi connectivity index (χ2v) is 4.28. The lowest BCUT2D eigenvalue weighted by atomic mass is 10.2. The third-order valence-electron chi connectivity index (χ3n) is 3.11. The molecule has 2 rings (SSSR count). The molecule has 1 fully saturated rings. The summed E-state index contributed by atoms with van der Waals surface area (Å²) in [7, 11) is 0. The maximum absolute atomic E-state index is 12.1. The van der Waals surface area contributed by atoms with E-state index in [1.165, 1.54) is 0 Å². The van der Waals surface area contributed by atoms with Crippen LogP contribution >= 0.6 is 0 Å². The number of nitrogens with zero attached hydrogens (tertiary/aromatic N) is 4. The Balaban J connectivity index is 1.87. The van der Waals surface area contributed by atoms with Crippen LogP contribution < -0.4 is 0 Å². The second-order valence-electron chi connectivity index (χ2n) is 4.28. The number of carbonyl (C=O) groups excluding carboxylic acids is 1. The highest BCUT2D eigenvalue weighted by molar-refractivity contribution is 5.93. The van der Waals surface area contributed by atoms with Crippen LogP contribution in [0.2, 0.25) is 0 Å². The van der Waals surface area contributed by atoms with E-state index in [9.17, 15) is 4.79 Å². The molecular formula is C13H16N4O. The van der Waals surface area contributed by atoms with E-state index >= 15 is 0 Å². The smallest absolute Gasteiger partial charge is 0.255 e. The highest BCUT2D eigenvalue weighted by Gasteiger charge is 2.21. The fourth-order valence-corrected chi connectivity index (χ4v) is 2.05. The fourth-order valence-electron chi connectivity index (χ4n) is 2.05. The summed E-state index contributed by atoms with van der Waals surface area (Å²) in [5.74, 6) is 0.0445. The number of hydrogen-bond acceptors (Lipinski definition) is 4. The first-order chi connectivity index (χ1) is 8.81. The van der Waals surface area contributed by atoms with E-state index in [0.29, 0.717) is 12.0 Å². The summed E-state index contributed by atoms with van der Waals surface area (Å²) in [5.41, 5.74) is 0.642. The van der Waals surface area contributed by atoms with Crippen molar-refractivity contribution in [3.05, 3.63) is 30.1 Å². The van der Waals surface area contributed by atoms with Crippen LogP contribution in [-0.2, 0) is 0 Å². The van der Waals surface area contributed by atoms with Crippen LogP contribution in [0.1, 0.15) is 16.8 Å². The van der Waals surface area contributed by atoms with E-state index < -0.39 is 0 Å². The van der Waals surface area contributed by atoms with Crippen molar-refractivity contribution in [2.75, 3.05) is 32.7 Å². The SMILES string of the molecule is N#CCCN1CCN(C(=O)c2cccnc2)CC1. The van der Waals surface area contributed by atoms with Gasteiger partial charge in [-0.2, -0.15) is 5.26 Å². The number of amides is 1. The molecule has 1 aromatic rings. The minimum absolute atomic E-state index is 0.0445. The van der Waals surface area contributed by atoms with E-state index in [1.54, 1.807) is 24.5 Å². The Hall–Kier alpha value is -1.93. The Morgan fingerprint density at radius 1 is 1.39 bits per heavy atom. The van der Waals surface area contributed by atoms with E-state index in [4.69, 9.17) is 5.26 Å². The molecule has 0 unspecified atom stereocenters. The van der Waals surface area contributed by atoms with Crippen molar-refractivity contribution < 1.29 is 4.79 Å². The van der Waals surface area contributed by atoms with E-state index in [0.717, 1.165) is 32.7 Å². The number of piperazine rings is 1. The number of aromatic nitrogens is 1. The van der Waals surface area contributed by atoms with Gasteiger partial charge < -0.3 is 4.90 Å². The summed E-state index contributed by atoms with van der Waals surface area (Å²) in [6, 6.07) is 5.71. The second kappa shape index (κ2) is 6.12. The predicted molar refractivity (Wildman–Crippen MR) is 66.8 cm³/mol. The number of nitriles is 1. The number of rotatable bonds is 3. The van der Waals surface area contributed by atoms with Crippen LogP contribution in [0.4, 0.5) is 0 Å². The van der Waals surface area contributed by atoms with Gasteiger partial charge in [-0.3, -0.25) is 14.7 Å². The third kappa shape index (κ3) is 3.05. The van der Waals surface area contributed by atoms with Gasteiger partial charge in [-0.1, -0.05) is 0 Å². The summed E-state index contributed by atoms with van der Waals surface area (Å²) < 4.78 is 0. The first-order valence-corrected chi connectivity index (χ1v) is 6.10. The summed E-state index contributed by atoms with van der Waals surface area (Å²) in [6.45, 7) is 3.92. The first-order valence-electron chi connectivity index (χ1n) is 6.10. The molecule has 0 radical (unpaired) electrons. The van der Waals surface area contributed by atoms with Crippen molar-refractivity contribution >= 4 is 5.91 Å². The van der Waals surface area contributed by atoms with Gasteiger partial charge in [0.1, 0.15) is 0 Å². The predicted octanol–water partition coefficient (Wildman–Crippen LogP) is 0.753. The molecule has 94 valence electrons. The van der Waals surface area contributed by atoms with Crippen LogP contribution in [0.25, 0.3) is 0 Å². The maximum Gasteiger partial charge on any atom is 0.255 e. The molecule has 0 aliphatic carbocycles. The maximum atomic E-state index is 12.1. The van der Waals surface area contributed by atoms with Crippen molar-refractivity contribution in [1.82, 2.24) is 14.8 Å². The van der Waals surface area contributed by atoms with Crippen LogP contribution in [-0.4, -0.2) is 53.4 Å². The van der Waals surface area contributed by atoms with Crippen molar-refractivity contribution in [3.63, 3.8) is 0 Å². The molecule has 1 amide bonds. The Kier molecular flexibility index (Phi) is 4.26. The van der Waals surface area contributed by atoms with Gasteiger partial charge in [0.2, 0.25) is 0 Å². The molecule has 1 aliphatic rings. The molecule has 18 heavy (non-hydrogen) atoms. The average Bonchev–Trinajstić information content (AvgIpc) is 2.46. The minimum atomic E-state index is 0.0445. The number of pyridine rings is 1. The van der Waals surface area contributed by atoms with Gasteiger partial charge in [0.25, 0.3) is 5.91 Å². The van der Waals surface area contributed by atoms with E-state index in [2.05, 4.69) is 16.0 Å². The normalized spacial score (nSPS) is 16.3. The van der Waals surface area contributed by atoms with Gasteiger partial charge >= 0.3 is 0 Å². The number of hydrogen-bond donors (Lipinski definition) is 0. The van der Waals surface area contributed by atoms with Crippen molar-refractivity contribution in [2.24, 2.45) is 0 Å². The van der Waals surface area contributed by atoms with Crippen LogP contribution in [0, 0.1) is 11.3 Å². The van der Waals surface area contributed by atoms with Crippen LogP contribution in [0.15, 0.2) is 24.5 Å². The summed E-state index contributed by atoms with van der Waals surface area (Å²) >= 11 is 0. The topological polar surface area (TPSA) is 60.2 Å². The van der Waals surface area contributed by atoms with Crippen molar-refractivity contribution in [1.29, 1.82) is 5.26 Å². The monoisotopic (exact) mass is 244 g/mol. The standard InChI is InChI=1S/C13H16N4O/c14-4-2-6-16-7-9-17(10-8-16)13(18)12-3-1-5-15-11-12/h1,3,5,11H,2,6-10H2. The molecule has 0 atom stereocenters. The number of carbonyl (C=O) groups is 1. The Labute approximate surface area is 107 Å².